The van der Waals surface area contributed by atoms with Crippen LogP contribution >= 0.6 is 0 Å². The van der Waals surface area contributed by atoms with Crippen LogP contribution in [0.3, 0.4) is 0 Å². The molecule has 4 aromatic rings. The summed E-state index contributed by atoms with van der Waals surface area (Å²) in [4.78, 5) is 39.2. The third kappa shape index (κ3) is 7.25. The molecule has 0 saturated carbocycles. The number of amides is 2. The number of fused-ring (bicyclic) bond motifs is 1. The second-order valence-corrected chi connectivity index (χ2v) is 8.42. The number of carbonyl (C=O) groups excluding carboxylic acids is 2. The molecular weight excluding hydrogens is 539 g/mol. The van der Waals surface area contributed by atoms with Crippen LogP contribution in [0.1, 0.15) is 21.7 Å². The minimum absolute atomic E-state index is 0.172. The quantitative estimate of drug-likeness (QED) is 0.244. The number of halogens is 3. The zero-order valence-electron chi connectivity index (χ0n) is 22.1. The van der Waals surface area contributed by atoms with Crippen LogP contribution in [-0.2, 0) is 22.3 Å². The number of alkyl halides is 3. The lowest BCUT2D eigenvalue weighted by molar-refractivity contribution is -0.137. The molecule has 3 aromatic heterocycles. The van der Waals surface area contributed by atoms with Crippen LogP contribution in [0.2, 0.25) is 0 Å². The second-order valence-electron chi connectivity index (χ2n) is 8.42. The largest absolute Gasteiger partial charge is 0.416 e. The van der Waals surface area contributed by atoms with E-state index in [9.17, 15) is 22.8 Å². The number of ether oxygens (including phenoxy) is 1. The van der Waals surface area contributed by atoms with Crippen molar-refractivity contribution in [3.63, 3.8) is 0 Å². The van der Waals surface area contributed by atoms with Crippen molar-refractivity contribution in [3.05, 3.63) is 84.1 Å². The number of likely N-dealkylation sites (N-methyl/N-ethyl adjacent to an activating group) is 1. The highest BCUT2D eigenvalue weighted by Gasteiger charge is 2.31. The maximum absolute atomic E-state index is 13.0. The monoisotopic (exact) mass is 565 g/mol. The van der Waals surface area contributed by atoms with Crippen molar-refractivity contribution in [1.29, 1.82) is 0 Å². The van der Waals surface area contributed by atoms with E-state index in [1.54, 1.807) is 35.9 Å². The van der Waals surface area contributed by atoms with E-state index < -0.39 is 17.6 Å². The SMILES string of the molecule is C#C.COC/C=C/C(=O)N(C)Cc1nc(-c2ccc(C(=O)Nc3cc(C(F)(F)F)ccn3)cc2)c2c(N)nccn12. The van der Waals surface area contributed by atoms with E-state index in [4.69, 9.17) is 15.5 Å². The molecule has 0 saturated heterocycles. The number of aromatic nitrogens is 4. The van der Waals surface area contributed by atoms with Crippen LogP contribution in [0.4, 0.5) is 24.8 Å². The topological polar surface area (TPSA) is 128 Å². The molecular formula is C28H26F3N7O3. The predicted molar refractivity (Wildman–Crippen MR) is 147 cm³/mol. The predicted octanol–water partition coefficient (Wildman–Crippen LogP) is 4.06. The number of nitrogens with two attached hydrogens (primary N) is 1. The number of carbonyl (C=O) groups is 2. The zero-order valence-corrected chi connectivity index (χ0v) is 22.1. The third-order valence-electron chi connectivity index (χ3n) is 5.68. The molecule has 0 spiro atoms. The van der Waals surface area contributed by atoms with Crippen molar-refractivity contribution in [2.75, 3.05) is 31.8 Å². The zero-order chi connectivity index (χ0) is 30.2. The van der Waals surface area contributed by atoms with Gasteiger partial charge in [0, 0.05) is 50.0 Å². The molecule has 4 rings (SSSR count). The average Bonchev–Trinajstić information content (AvgIpc) is 3.33. The average molecular weight is 566 g/mol. The molecule has 0 unspecified atom stereocenters. The summed E-state index contributed by atoms with van der Waals surface area (Å²) in [5.74, 6) is -0.344. The fourth-order valence-electron chi connectivity index (χ4n) is 3.74. The lowest BCUT2D eigenvalue weighted by Gasteiger charge is -2.14. The van der Waals surface area contributed by atoms with Gasteiger partial charge >= 0.3 is 6.18 Å². The number of nitrogen functional groups attached to an aromatic ring is 1. The number of methoxy groups -OCH3 is 1. The van der Waals surface area contributed by atoms with E-state index in [1.165, 1.54) is 36.4 Å². The number of rotatable bonds is 8. The highest BCUT2D eigenvalue weighted by atomic mass is 19.4. The van der Waals surface area contributed by atoms with Gasteiger partial charge in [0.25, 0.3) is 5.91 Å². The summed E-state index contributed by atoms with van der Waals surface area (Å²) in [6, 6.07) is 7.86. The van der Waals surface area contributed by atoms with Gasteiger partial charge in [-0.2, -0.15) is 13.2 Å². The Hall–Kier alpha value is -5.22. The number of terminal acetylenes is 1. The lowest BCUT2D eigenvalue weighted by Crippen LogP contribution is -2.25. The first-order valence-electron chi connectivity index (χ1n) is 11.9. The summed E-state index contributed by atoms with van der Waals surface area (Å²) < 4.78 is 45.5. The number of nitrogens with zero attached hydrogens (tertiary/aromatic N) is 5. The van der Waals surface area contributed by atoms with Crippen molar-refractivity contribution in [2.45, 2.75) is 12.7 Å². The fourth-order valence-corrected chi connectivity index (χ4v) is 3.74. The maximum Gasteiger partial charge on any atom is 0.416 e. The molecule has 1 aromatic carbocycles. The summed E-state index contributed by atoms with van der Waals surface area (Å²) in [5, 5.41) is 2.37. The van der Waals surface area contributed by atoms with Crippen molar-refractivity contribution >= 4 is 29.0 Å². The molecule has 0 radical (unpaired) electrons. The van der Waals surface area contributed by atoms with Crippen LogP contribution < -0.4 is 11.1 Å². The number of hydrogen-bond acceptors (Lipinski definition) is 7. The number of pyridine rings is 1. The molecule has 212 valence electrons. The molecule has 2 amide bonds. The van der Waals surface area contributed by atoms with Crippen molar-refractivity contribution < 1.29 is 27.5 Å². The number of benzene rings is 1. The molecule has 10 nitrogen and oxygen atoms in total. The number of nitrogens with one attached hydrogen (secondary N) is 1. The van der Waals surface area contributed by atoms with E-state index >= 15 is 0 Å². The molecule has 0 aliphatic rings. The summed E-state index contributed by atoms with van der Waals surface area (Å²) in [6.45, 7) is 0.480. The van der Waals surface area contributed by atoms with E-state index in [1.807, 2.05) is 0 Å². The Labute approximate surface area is 233 Å². The van der Waals surface area contributed by atoms with Gasteiger partial charge in [-0.05, 0) is 24.3 Å². The highest BCUT2D eigenvalue weighted by molar-refractivity contribution is 6.04. The van der Waals surface area contributed by atoms with E-state index in [-0.39, 0.29) is 29.7 Å². The first-order valence-corrected chi connectivity index (χ1v) is 11.9. The Morgan fingerprint density at radius 3 is 2.51 bits per heavy atom. The molecule has 0 aliphatic heterocycles. The smallest absolute Gasteiger partial charge is 0.382 e. The Kier molecular flexibility index (Phi) is 9.78. The molecule has 41 heavy (non-hydrogen) atoms. The van der Waals surface area contributed by atoms with Crippen molar-refractivity contribution in [2.24, 2.45) is 0 Å². The molecule has 13 heteroatoms. The first kappa shape index (κ1) is 30.3. The van der Waals surface area contributed by atoms with Gasteiger partial charge in [-0.3, -0.25) is 14.0 Å². The van der Waals surface area contributed by atoms with Gasteiger partial charge in [-0.15, -0.1) is 12.8 Å². The minimum atomic E-state index is -4.56. The van der Waals surface area contributed by atoms with Crippen molar-refractivity contribution in [3.8, 4) is 24.1 Å². The van der Waals surface area contributed by atoms with Gasteiger partial charge in [0.1, 0.15) is 28.7 Å². The number of anilines is 2. The Morgan fingerprint density at radius 1 is 1.15 bits per heavy atom. The third-order valence-corrected chi connectivity index (χ3v) is 5.68. The van der Waals surface area contributed by atoms with Crippen LogP contribution in [-0.4, -0.2) is 56.8 Å². The van der Waals surface area contributed by atoms with E-state index in [0.29, 0.717) is 29.2 Å². The number of hydrogen-bond donors (Lipinski definition) is 2. The minimum Gasteiger partial charge on any atom is -0.382 e. The maximum atomic E-state index is 13.0. The van der Waals surface area contributed by atoms with Gasteiger partial charge in [-0.1, -0.05) is 18.2 Å². The molecule has 3 heterocycles. The van der Waals surface area contributed by atoms with Crippen LogP contribution in [0.5, 0.6) is 0 Å². The van der Waals surface area contributed by atoms with Gasteiger partial charge in [-0.25, -0.2) is 15.0 Å². The van der Waals surface area contributed by atoms with Gasteiger partial charge in [0.05, 0.1) is 18.7 Å². The Balaban J connectivity index is 0.00000226. The Bertz CT molecular complexity index is 1580. The number of imidazole rings is 1. The lowest BCUT2D eigenvalue weighted by atomic mass is 10.1. The van der Waals surface area contributed by atoms with E-state index in [0.717, 1.165) is 18.3 Å². The van der Waals surface area contributed by atoms with Crippen LogP contribution in [0.25, 0.3) is 16.8 Å². The van der Waals surface area contributed by atoms with Crippen molar-refractivity contribution in [1.82, 2.24) is 24.3 Å². The van der Waals surface area contributed by atoms with Gasteiger partial charge < -0.3 is 20.7 Å². The molecule has 3 N–H and O–H groups in total. The van der Waals surface area contributed by atoms with Gasteiger partial charge in [0.15, 0.2) is 0 Å². The van der Waals surface area contributed by atoms with Gasteiger partial charge in [0.2, 0.25) is 5.91 Å². The first-order chi connectivity index (χ1) is 19.6. The standard InChI is InChI=1S/C26H24F3N7O3.C2H2/c1-35(21(37)4-3-13-39-2)15-20-34-22(23-24(30)32-11-12-36(20)23)16-5-7-17(8-6-16)25(38)33-19-14-18(9-10-31-19)26(27,28)29;1-2/h3-12,14H,13,15H2,1-2H3,(H2,30,32)(H,31,33,38);1-2H/b4-3+;. The molecule has 0 aliphatic carbocycles. The highest BCUT2D eigenvalue weighted by Crippen LogP contribution is 2.31. The van der Waals surface area contributed by atoms with Crippen LogP contribution in [0.15, 0.2) is 67.1 Å². The molecule has 0 atom stereocenters. The fraction of sp³-hybridized carbons (Fsp3) is 0.179. The summed E-state index contributed by atoms with van der Waals surface area (Å²) in [7, 11) is 3.17. The van der Waals surface area contributed by atoms with E-state index in [2.05, 4.69) is 28.1 Å². The molecule has 0 fully saturated rings. The Morgan fingerprint density at radius 2 is 1.85 bits per heavy atom. The molecule has 0 bridgehead atoms. The van der Waals surface area contributed by atoms with Crippen LogP contribution in [0, 0.1) is 12.8 Å². The summed E-state index contributed by atoms with van der Waals surface area (Å²) in [5.41, 5.74) is 7.05. The second kappa shape index (κ2) is 13.2. The summed E-state index contributed by atoms with van der Waals surface area (Å²) >= 11 is 0. The normalized spacial score (nSPS) is 11.2. The summed E-state index contributed by atoms with van der Waals surface area (Å²) in [6.07, 6.45) is 10.6.